The molecule has 0 saturated carbocycles. The third-order valence-electron chi connectivity index (χ3n) is 3.23. The first-order valence-electron chi connectivity index (χ1n) is 7.30. The maximum absolute atomic E-state index is 11.7. The van der Waals surface area contributed by atoms with E-state index in [-0.39, 0.29) is 6.54 Å². The summed E-state index contributed by atoms with van der Waals surface area (Å²) in [4.78, 5) is 22.6. The Balaban J connectivity index is 1.87. The highest BCUT2D eigenvalue weighted by molar-refractivity contribution is 6.30. The van der Waals surface area contributed by atoms with Crippen molar-refractivity contribution in [2.45, 2.75) is 12.5 Å². The minimum atomic E-state index is -1.14. The van der Waals surface area contributed by atoms with Crippen molar-refractivity contribution in [2.75, 3.05) is 6.54 Å². The molecule has 2 aromatic rings. The van der Waals surface area contributed by atoms with E-state index in [2.05, 4.69) is 10.6 Å². The van der Waals surface area contributed by atoms with Crippen LogP contribution in [0.25, 0.3) is 0 Å². The highest BCUT2D eigenvalue weighted by atomic mass is 35.5. The summed E-state index contributed by atoms with van der Waals surface area (Å²) in [5.74, 6) is 0.438. The van der Waals surface area contributed by atoms with Crippen LogP contribution in [0.5, 0.6) is 5.75 Å². The molecule has 6 nitrogen and oxygen atoms in total. The molecule has 0 radical (unpaired) electrons. The number of carbonyl (C=O) groups excluding carboxylic acids is 1. The van der Waals surface area contributed by atoms with Crippen molar-refractivity contribution < 1.29 is 19.4 Å². The molecule has 0 bridgehead atoms. The molecule has 2 amide bonds. The number of hydrogen-bond acceptors (Lipinski definition) is 3. The van der Waals surface area contributed by atoms with Gasteiger partial charge in [0.15, 0.2) is 0 Å². The lowest BCUT2D eigenvalue weighted by Gasteiger charge is -2.17. The van der Waals surface area contributed by atoms with E-state index in [0.717, 1.165) is 5.56 Å². The van der Waals surface area contributed by atoms with Crippen molar-refractivity contribution in [3.05, 3.63) is 65.2 Å². The van der Waals surface area contributed by atoms with Crippen LogP contribution in [0.15, 0.2) is 54.6 Å². The standard InChI is InChI=1S/C17H17ClN2O4/c18-13-8-6-12(7-9-13)15(20-16(21)22)10-11-19-17(23)24-14-4-2-1-3-5-14/h1-9,15,20H,10-11H2,(H,19,23)(H,21,22). The summed E-state index contributed by atoms with van der Waals surface area (Å²) < 4.78 is 5.09. The zero-order chi connectivity index (χ0) is 17.4. The van der Waals surface area contributed by atoms with Crippen LogP contribution in [-0.4, -0.2) is 23.8 Å². The van der Waals surface area contributed by atoms with Crippen LogP contribution in [0, 0.1) is 0 Å². The van der Waals surface area contributed by atoms with Crippen LogP contribution in [0.3, 0.4) is 0 Å². The number of hydrogen-bond donors (Lipinski definition) is 3. The molecule has 2 aromatic carbocycles. The van der Waals surface area contributed by atoms with E-state index in [0.29, 0.717) is 17.2 Å². The maximum atomic E-state index is 11.7. The summed E-state index contributed by atoms with van der Waals surface area (Å²) in [5.41, 5.74) is 0.764. The maximum Gasteiger partial charge on any atom is 0.412 e. The zero-order valence-electron chi connectivity index (χ0n) is 12.7. The number of halogens is 1. The van der Waals surface area contributed by atoms with Gasteiger partial charge < -0.3 is 20.5 Å². The van der Waals surface area contributed by atoms with E-state index in [4.69, 9.17) is 21.4 Å². The van der Waals surface area contributed by atoms with Crippen LogP contribution >= 0.6 is 11.6 Å². The summed E-state index contributed by atoms with van der Waals surface area (Å²) in [6, 6.07) is 15.1. The molecule has 0 aliphatic heterocycles. The first-order chi connectivity index (χ1) is 11.5. The molecule has 0 spiro atoms. The van der Waals surface area contributed by atoms with Crippen molar-refractivity contribution in [1.29, 1.82) is 0 Å². The van der Waals surface area contributed by atoms with Gasteiger partial charge in [-0.1, -0.05) is 41.9 Å². The zero-order valence-corrected chi connectivity index (χ0v) is 13.5. The van der Waals surface area contributed by atoms with Crippen LogP contribution in [0.2, 0.25) is 5.02 Å². The molecule has 2 rings (SSSR count). The van der Waals surface area contributed by atoms with Gasteiger partial charge in [0.2, 0.25) is 0 Å². The SMILES string of the molecule is O=C(O)NC(CCNC(=O)Oc1ccccc1)c1ccc(Cl)cc1. The molecule has 3 N–H and O–H groups in total. The minimum absolute atomic E-state index is 0.249. The number of benzene rings is 2. The smallest absolute Gasteiger partial charge is 0.412 e. The Morgan fingerprint density at radius 1 is 1.08 bits per heavy atom. The second kappa shape index (κ2) is 8.79. The average molecular weight is 349 g/mol. The number of ether oxygens (including phenoxy) is 1. The fourth-order valence-electron chi connectivity index (χ4n) is 2.12. The van der Waals surface area contributed by atoms with Crippen LogP contribution in [-0.2, 0) is 0 Å². The van der Waals surface area contributed by atoms with E-state index in [9.17, 15) is 9.59 Å². The Labute approximate surface area is 144 Å². The molecule has 24 heavy (non-hydrogen) atoms. The van der Waals surface area contributed by atoms with E-state index in [1.54, 1.807) is 48.5 Å². The first kappa shape index (κ1) is 17.6. The molecule has 0 heterocycles. The molecule has 126 valence electrons. The second-order valence-electron chi connectivity index (χ2n) is 4.97. The lowest BCUT2D eigenvalue weighted by molar-refractivity contribution is 0.188. The summed E-state index contributed by atoms with van der Waals surface area (Å²) in [7, 11) is 0. The van der Waals surface area contributed by atoms with E-state index >= 15 is 0 Å². The number of para-hydroxylation sites is 1. The summed E-state index contributed by atoms with van der Waals surface area (Å²) in [6.45, 7) is 0.249. The average Bonchev–Trinajstić information content (AvgIpc) is 2.55. The van der Waals surface area contributed by atoms with E-state index in [1.807, 2.05) is 6.07 Å². The molecule has 0 aliphatic carbocycles. The quantitative estimate of drug-likeness (QED) is 0.740. The Kier molecular flexibility index (Phi) is 6.45. The third-order valence-corrected chi connectivity index (χ3v) is 3.48. The lowest BCUT2D eigenvalue weighted by atomic mass is 10.0. The first-order valence-corrected chi connectivity index (χ1v) is 7.68. The number of amides is 2. The van der Waals surface area contributed by atoms with E-state index in [1.165, 1.54) is 0 Å². The molecular formula is C17H17ClN2O4. The molecule has 0 fully saturated rings. The van der Waals surface area contributed by atoms with Gasteiger partial charge in [-0.15, -0.1) is 0 Å². The van der Waals surface area contributed by atoms with E-state index < -0.39 is 18.2 Å². The lowest BCUT2D eigenvalue weighted by Crippen LogP contribution is -2.33. The topological polar surface area (TPSA) is 87.7 Å². The Morgan fingerprint density at radius 2 is 1.75 bits per heavy atom. The molecule has 0 aliphatic rings. The van der Waals surface area contributed by atoms with Gasteiger partial charge in [0.25, 0.3) is 0 Å². The highest BCUT2D eigenvalue weighted by Crippen LogP contribution is 2.19. The molecule has 0 saturated heterocycles. The van der Waals surface area contributed by atoms with Gasteiger partial charge in [0.05, 0.1) is 6.04 Å². The minimum Gasteiger partial charge on any atom is -0.465 e. The summed E-state index contributed by atoms with van der Waals surface area (Å²) in [6.07, 6.45) is -1.36. The molecule has 1 unspecified atom stereocenters. The van der Waals surface area contributed by atoms with Gasteiger partial charge >= 0.3 is 12.2 Å². The largest absolute Gasteiger partial charge is 0.465 e. The fraction of sp³-hybridized carbons (Fsp3) is 0.176. The van der Waals surface area contributed by atoms with Crippen molar-refractivity contribution in [3.63, 3.8) is 0 Å². The monoisotopic (exact) mass is 348 g/mol. The number of nitrogens with one attached hydrogen (secondary N) is 2. The fourth-order valence-corrected chi connectivity index (χ4v) is 2.24. The van der Waals surface area contributed by atoms with Gasteiger partial charge in [-0.2, -0.15) is 0 Å². The van der Waals surface area contributed by atoms with Gasteiger partial charge in [0, 0.05) is 11.6 Å². The van der Waals surface area contributed by atoms with Gasteiger partial charge in [-0.3, -0.25) is 0 Å². The predicted molar refractivity (Wildman–Crippen MR) is 90.4 cm³/mol. The molecule has 1 atom stereocenters. The molecular weight excluding hydrogens is 332 g/mol. The predicted octanol–water partition coefficient (Wildman–Crippen LogP) is 3.83. The molecule has 0 aromatic heterocycles. The van der Waals surface area contributed by atoms with Crippen molar-refractivity contribution in [2.24, 2.45) is 0 Å². The Morgan fingerprint density at radius 3 is 2.38 bits per heavy atom. The van der Waals surface area contributed by atoms with Gasteiger partial charge in [-0.25, -0.2) is 9.59 Å². The molecule has 7 heteroatoms. The normalized spacial score (nSPS) is 11.4. The number of carboxylic acid groups (broad SMARTS) is 1. The second-order valence-corrected chi connectivity index (χ2v) is 5.41. The van der Waals surface area contributed by atoms with Crippen LogP contribution in [0.4, 0.5) is 9.59 Å². The highest BCUT2D eigenvalue weighted by Gasteiger charge is 2.14. The van der Waals surface area contributed by atoms with Crippen molar-refractivity contribution in [3.8, 4) is 5.75 Å². The van der Waals surface area contributed by atoms with Crippen LogP contribution < -0.4 is 15.4 Å². The Hall–Kier alpha value is -2.73. The van der Waals surface area contributed by atoms with Gasteiger partial charge in [0.1, 0.15) is 5.75 Å². The van der Waals surface area contributed by atoms with Gasteiger partial charge in [-0.05, 0) is 36.2 Å². The summed E-state index contributed by atoms with van der Waals surface area (Å²) >= 11 is 5.83. The summed E-state index contributed by atoms with van der Waals surface area (Å²) in [5, 5.41) is 14.5. The third kappa shape index (κ3) is 5.81. The van der Waals surface area contributed by atoms with Crippen LogP contribution in [0.1, 0.15) is 18.0 Å². The Bertz CT molecular complexity index is 677. The number of carbonyl (C=O) groups is 2. The van der Waals surface area contributed by atoms with Crippen molar-refractivity contribution >= 4 is 23.8 Å². The number of rotatable bonds is 6. The van der Waals surface area contributed by atoms with Crippen molar-refractivity contribution in [1.82, 2.24) is 10.6 Å².